The first-order valence-corrected chi connectivity index (χ1v) is 6.54. The fourth-order valence-electron chi connectivity index (χ4n) is 1.75. The number of hydrogen-bond donors (Lipinski definition) is 3. The highest BCUT2D eigenvalue weighted by Gasteiger charge is 2.14. The molecule has 7 nitrogen and oxygen atoms in total. The molecule has 0 radical (unpaired) electrons. The maximum atomic E-state index is 14.0. The second kappa shape index (κ2) is 6.25. The van der Waals surface area contributed by atoms with Gasteiger partial charge < -0.3 is 21.5 Å². The highest BCUT2D eigenvalue weighted by molar-refractivity contribution is 5.72. The number of rotatable bonds is 3. The van der Waals surface area contributed by atoms with Crippen LogP contribution in [0, 0.1) is 5.82 Å². The van der Waals surface area contributed by atoms with Crippen molar-refractivity contribution in [2.24, 2.45) is 0 Å². The van der Waals surface area contributed by atoms with Crippen molar-refractivity contribution in [2.45, 2.75) is 19.9 Å². The predicted octanol–water partition coefficient (Wildman–Crippen LogP) is 1.94. The van der Waals surface area contributed by atoms with Crippen LogP contribution in [0.25, 0.3) is 11.3 Å². The number of nitrogens with one attached hydrogen (secondary N) is 1. The van der Waals surface area contributed by atoms with Crippen LogP contribution >= 0.6 is 0 Å². The third kappa shape index (κ3) is 3.60. The Balaban J connectivity index is 2.31. The first kappa shape index (κ1) is 15.5. The number of aromatic nitrogens is 2. The standard InChI is InChI=1S/C14H16FN5O2/c1-7(2)18-14(21)22-9-5-3-4-8(6-9)11-10(15)12(16)20-13(17)19-11/h3-7H,1-2H3,(H,18,21)(H4,16,17,19,20). The highest BCUT2D eigenvalue weighted by Crippen LogP contribution is 2.27. The molecule has 0 fully saturated rings. The minimum Gasteiger partial charge on any atom is -0.410 e. The van der Waals surface area contributed by atoms with E-state index >= 15 is 0 Å². The summed E-state index contributed by atoms with van der Waals surface area (Å²) in [5.41, 5.74) is 11.2. The van der Waals surface area contributed by atoms with Crippen LogP contribution in [-0.2, 0) is 0 Å². The van der Waals surface area contributed by atoms with Crippen LogP contribution in [0.15, 0.2) is 24.3 Å². The quantitative estimate of drug-likeness (QED) is 0.798. The van der Waals surface area contributed by atoms with E-state index in [9.17, 15) is 9.18 Å². The molecule has 0 unspecified atom stereocenters. The smallest absolute Gasteiger partial charge is 0.410 e. The van der Waals surface area contributed by atoms with Gasteiger partial charge in [0.2, 0.25) is 5.95 Å². The fraction of sp³-hybridized carbons (Fsp3) is 0.214. The molecule has 116 valence electrons. The van der Waals surface area contributed by atoms with Crippen LogP contribution in [0.4, 0.5) is 21.0 Å². The first-order valence-electron chi connectivity index (χ1n) is 6.54. The topological polar surface area (TPSA) is 116 Å². The van der Waals surface area contributed by atoms with Crippen molar-refractivity contribution in [2.75, 3.05) is 11.5 Å². The zero-order valence-electron chi connectivity index (χ0n) is 12.1. The molecule has 0 saturated heterocycles. The van der Waals surface area contributed by atoms with E-state index in [0.29, 0.717) is 5.56 Å². The lowest BCUT2D eigenvalue weighted by atomic mass is 10.1. The van der Waals surface area contributed by atoms with Crippen LogP contribution in [0.5, 0.6) is 5.75 Å². The van der Waals surface area contributed by atoms with E-state index in [1.54, 1.807) is 32.0 Å². The number of anilines is 2. The van der Waals surface area contributed by atoms with Gasteiger partial charge >= 0.3 is 6.09 Å². The summed E-state index contributed by atoms with van der Waals surface area (Å²) in [6, 6.07) is 6.16. The van der Waals surface area contributed by atoms with Gasteiger partial charge in [-0.2, -0.15) is 4.98 Å². The van der Waals surface area contributed by atoms with Crippen LogP contribution in [0.2, 0.25) is 0 Å². The van der Waals surface area contributed by atoms with E-state index < -0.39 is 11.9 Å². The molecule has 0 saturated carbocycles. The van der Waals surface area contributed by atoms with Gasteiger partial charge in [0.1, 0.15) is 11.4 Å². The number of hydrogen-bond acceptors (Lipinski definition) is 6. The zero-order chi connectivity index (χ0) is 16.3. The Labute approximate surface area is 126 Å². The van der Waals surface area contributed by atoms with Crippen molar-refractivity contribution < 1.29 is 13.9 Å². The number of nitrogen functional groups attached to an aromatic ring is 2. The predicted molar refractivity (Wildman–Crippen MR) is 80.5 cm³/mol. The second-order valence-electron chi connectivity index (χ2n) is 4.85. The van der Waals surface area contributed by atoms with E-state index in [1.807, 2.05) is 0 Å². The van der Waals surface area contributed by atoms with E-state index in [4.69, 9.17) is 16.2 Å². The molecule has 0 aliphatic rings. The number of halogens is 1. The molecule has 1 aromatic carbocycles. The zero-order valence-corrected chi connectivity index (χ0v) is 12.1. The molecule has 1 aromatic heterocycles. The monoisotopic (exact) mass is 305 g/mol. The van der Waals surface area contributed by atoms with E-state index in [1.165, 1.54) is 6.07 Å². The van der Waals surface area contributed by atoms with Crippen LogP contribution in [0.1, 0.15) is 13.8 Å². The average molecular weight is 305 g/mol. The molecule has 0 atom stereocenters. The van der Waals surface area contributed by atoms with Crippen LogP contribution < -0.4 is 21.5 Å². The largest absolute Gasteiger partial charge is 0.412 e. The molecule has 22 heavy (non-hydrogen) atoms. The van der Waals surface area contributed by atoms with E-state index in [2.05, 4.69) is 15.3 Å². The van der Waals surface area contributed by atoms with Crippen molar-refractivity contribution in [3.05, 3.63) is 30.1 Å². The summed E-state index contributed by atoms with van der Waals surface area (Å²) >= 11 is 0. The maximum absolute atomic E-state index is 14.0. The highest BCUT2D eigenvalue weighted by atomic mass is 19.1. The second-order valence-corrected chi connectivity index (χ2v) is 4.85. The molecule has 0 aliphatic heterocycles. The lowest BCUT2D eigenvalue weighted by Crippen LogP contribution is -2.32. The molecule has 0 aliphatic carbocycles. The van der Waals surface area contributed by atoms with Crippen LogP contribution in [-0.4, -0.2) is 22.1 Å². The van der Waals surface area contributed by atoms with E-state index in [0.717, 1.165) is 0 Å². The number of amides is 1. The molecule has 0 bridgehead atoms. The molecule has 1 heterocycles. The van der Waals surface area contributed by atoms with E-state index in [-0.39, 0.29) is 29.3 Å². The number of carbonyl (C=O) groups excluding carboxylic acids is 1. The number of carbonyl (C=O) groups is 1. The Kier molecular flexibility index (Phi) is 4.40. The molecule has 2 aromatic rings. The van der Waals surface area contributed by atoms with Gasteiger partial charge in [0.15, 0.2) is 11.6 Å². The van der Waals surface area contributed by atoms with Gasteiger partial charge in [0, 0.05) is 11.6 Å². The van der Waals surface area contributed by atoms with Crippen molar-refractivity contribution in [1.29, 1.82) is 0 Å². The van der Waals surface area contributed by atoms with Gasteiger partial charge in [-0.15, -0.1) is 0 Å². The van der Waals surface area contributed by atoms with Gasteiger partial charge in [-0.05, 0) is 26.0 Å². The number of ether oxygens (including phenoxy) is 1. The van der Waals surface area contributed by atoms with Crippen molar-refractivity contribution in [3.63, 3.8) is 0 Å². The summed E-state index contributed by atoms with van der Waals surface area (Å²) in [4.78, 5) is 18.9. The minimum atomic E-state index is -0.780. The van der Waals surface area contributed by atoms with Gasteiger partial charge in [-0.1, -0.05) is 12.1 Å². The summed E-state index contributed by atoms with van der Waals surface area (Å²) in [6.45, 7) is 3.61. The molecule has 8 heteroatoms. The number of nitrogens with two attached hydrogens (primary N) is 2. The molecule has 0 spiro atoms. The van der Waals surface area contributed by atoms with Crippen LogP contribution in [0.3, 0.4) is 0 Å². The summed E-state index contributed by atoms with van der Waals surface area (Å²) in [6.07, 6.45) is -0.602. The first-order chi connectivity index (χ1) is 10.4. The molecular weight excluding hydrogens is 289 g/mol. The number of nitrogens with zero attached hydrogens (tertiary/aromatic N) is 2. The number of benzene rings is 1. The summed E-state index contributed by atoms with van der Waals surface area (Å²) < 4.78 is 19.1. The summed E-state index contributed by atoms with van der Waals surface area (Å²) in [5, 5.41) is 2.58. The molecule has 2 rings (SSSR count). The van der Waals surface area contributed by atoms with Gasteiger partial charge in [-0.3, -0.25) is 0 Å². The molecule has 1 amide bonds. The minimum absolute atomic E-state index is 0.0558. The Morgan fingerprint density at radius 3 is 2.73 bits per heavy atom. The Morgan fingerprint density at radius 1 is 1.32 bits per heavy atom. The van der Waals surface area contributed by atoms with Gasteiger partial charge in [-0.25, -0.2) is 14.2 Å². The van der Waals surface area contributed by atoms with Gasteiger partial charge in [0.25, 0.3) is 0 Å². The van der Waals surface area contributed by atoms with Crippen molar-refractivity contribution in [3.8, 4) is 17.0 Å². The van der Waals surface area contributed by atoms with Crippen molar-refractivity contribution >= 4 is 17.9 Å². The third-order valence-corrected chi connectivity index (χ3v) is 2.62. The maximum Gasteiger partial charge on any atom is 0.412 e. The SMILES string of the molecule is CC(C)NC(=O)Oc1cccc(-c2nc(N)nc(N)c2F)c1. The average Bonchev–Trinajstić information content (AvgIpc) is 2.42. The Morgan fingerprint density at radius 2 is 2.05 bits per heavy atom. The normalized spacial score (nSPS) is 10.5. The fourth-order valence-corrected chi connectivity index (χ4v) is 1.75. The Bertz CT molecular complexity index is 706. The summed E-state index contributed by atoms with van der Waals surface area (Å²) in [5.74, 6) is -1.02. The molecular formula is C14H16FN5O2. The van der Waals surface area contributed by atoms with Crippen molar-refractivity contribution in [1.82, 2.24) is 15.3 Å². The lowest BCUT2D eigenvalue weighted by Gasteiger charge is -2.10. The third-order valence-electron chi connectivity index (χ3n) is 2.62. The van der Waals surface area contributed by atoms with Gasteiger partial charge in [0.05, 0.1) is 0 Å². The Hall–Kier alpha value is -2.90. The molecule has 5 N–H and O–H groups in total. The summed E-state index contributed by atoms with van der Waals surface area (Å²) in [7, 11) is 0. The lowest BCUT2D eigenvalue weighted by molar-refractivity contribution is 0.198.